The summed E-state index contributed by atoms with van der Waals surface area (Å²) in [6.07, 6.45) is 7.96. The number of likely N-dealkylation sites (N-methyl/N-ethyl adjacent to an activating group) is 1. The van der Waals surface area contributed by atoms with Gasteiger partial charge in [-0.3, -0.25) is 0 Å². The highest BCUT2D eigenvalue weighted by atomic mass is 16.3. The molecule has 1 aromatic carbocycles. The first-order valence-corrected chi connectivity index (χ1v) is 10.3. The standard InChI is InChI=1S/C22H28N4O/c1-26-9-3-6-18(13-26)23-20-12-16-5-2-4-15-10-17(14-7-8-14)11-19(27)21(15)22(16)25-24-20/h10-12,14,18,27H,2-9,13H2,1H3,(H,23,24)/t18-/m1/s1. The fourth-order valence-electron chi connectivity index (χ4n) is 4.70. The zero-order valence-electron chi connectivity index (χ0n) is 16.0. The van der Waals surface area contributed by atoms with Crippen molar-refractivity contribution in [3.8, 4) is 17.0 Å². The van der Waals surface area contributed by atoms with Crippen LogP contribution in [0, 0.1) is 0 Å². The highest BCUT2D eigenvalue weighted by Crippen LogP contribution is 2.45. The number of phenols is 1. The molecule has 0 spiro atoms. The molecule has 2 N–H and O–H groups in total. The van der Waals surface area contributed by atoms with Crippen LogP contribution < -0.4 is 5.32 Å². The first-order chi connectivity index (χ1) is 13.2. The molecule has 1 atom stereocenters. The first-order valence-electron chi connectivity index (χ1n) is 10.3. The molecule has 2 aromatic rings. The number of nitrogens with zero attached hydrogens (tertiary/aromatic N) is 3. The van der Waals surface area contributed by atoms with E-state index >= 15 is 0 Å². The number of aromatic hydroxyl groups is 1. The number of likely N-dealkylation sites (tertiary alicyclic amines) is 1. The minimum absolute atomic E-state index is 0.376. The number of aromatic nitrogens is 2. The molecule has 1 saturated carbocycles. The van der Waals surface area contributed by atoms with Gasteiger partial charge in [0, 0.05) is 18.2 Å². The van der Waals surface area contributed by atoms with Crippen LogP contribution in [-0.2, 0) is 12.8 Å². The van der Waals surface area contributed by atoms with E-state index in [4.69, 9.17) is 0 Å². The molecule has 0 unspecified atom stereocenters. The summed E-state index contributed by atoms with van der Waals surface area (Å²) in [5.41, 5.74) is 5.50. The SMILES string of the molecule is CN1CCC[C@@H](Nc2cc3c(nn2)-c2c(O)cc(C4CC4)cc2CCC3)C1. The van der Waals surface area contributed by atoms with Gasteiger partial charge in [0.2, 0.25) is 0 Å². The Kier molecular flexibility index (Phi) is 4.27. The first kappa shape index (κ1) is 17.0. The molecule has 2 aliphatic carbocycles. The van der Waals surface area contributed by atoms with Crippen molar-refractivity contribution in [2.24, 2.45) is 0 Å². The Bertz CT molecular complexity index is 862. The van der Waals surface area contributed by atoms with Crippen LogP contribution in [0.4, 0.5) is 5.82 Å². The number of anilines is 1. The maximum absolute atomic E-state index is 10.8. The minimum atomic E-state index is 0.376. The molecule has 1 aromatic heterocycles. The zero-order valence-corrected chi connectivity index (χ0v) is 16.0. The second kappa shape index (κ2) is 6.79. The minimum Gasteiger partial charge on any atom is -0.507 e. The lowest BCUT2D eigenvalue weighted by molar-refractivity contribution is 0.260. The van der Waals surface area contributed by atoms with Crippen LogP contribution >= 0.6 is 0 Å². The molecule has 1 saturated heterocycles. The van der Waals surface area contributed by atoms with Gasteiger partial charge in [-0.25, -0.2) is 0 Å². The fraction of sp³-hybridized carbons (Fsp3) is 0.545. The predicted octanol–water partition coefficient (Wildman–Crippen LogP) is 3.72. The molecule has 5 heteroatoms. The van der Waals surface area contributed by atoms with Crippen molar-refractivity contribution in [2.75, 3.05) is 25.5 Å². The Labute approximate surface area is 160 Å². The molecule has 0 radical (unpaired) electrons. The number of phenolic OH excluding ortho intramolecular Hbond substituents is 1. The quantitative estimate of drug-likeness (QED) is 0.869. The molecule has 142 valence electrons. The Morgan fingerprint density at radius 2 is 1.89 bits per heavy atom. The van der Waals surface area contributed by atoms with Crippen LogP contribution in [0.15, 0.2) is 18.2 Å². The molecular weight excluding hydrogens is 336 g/mol. The lowest BCUT2D eigenvalue weighted by Crippen LogP contribution is -2.39. The van der Waals surface area contributed by atoms with Crippen molar-refractivity contribution in [3.63, 3.8) is 0 Å². The third kappa shape index (κ3) is 3.41. The molecule has 2 fully saturated rings. The van der Waals surface area contributed by atoms with Gasteiger partial charge < -0.3 is 15.3 Å². The second-order valence-electron chi connectivity index (χ2n) is 8.55. The fourth-order valence-corrected chi connectivity index (χ4v) is 4.70. The van der Waals surface area contributed by atoms with Crippen LogP contribution in [0.25, 0.3) is 11.3 Å². The molecule has 0 amide bonds. The van der Waals surface area contributed by atoms with E-state index in [0.717, 1.165) is 42.9 Å². The van der Waals surface area contributed by atoms with Gasteiger partial charge >= 0.3 is 0 Å². The van der Waals surface area contributed by atoms with Crippen LogP contribution in [-0.4, -0.2) is 46.4 Å². The second-order valence-corrected chi connectivity index (χ2v) is 8.55. The Morgan fingerprint density at radius 3 is 2.70 bits per heavy atom. The van der Waals surface area contributed by atoms with E-state index < -0.39 is 0 Å². The Balaban J connectivity index is 1.46. The van der Waals surface area contributed by atoms with E-state index in [2.05, 4.69) is 39.6 Å². The summed E-state index contributed by atoms with van der Waals surface area (Å²) >= 11 is 0. The van der Waals surface area contributed by atoms with Gasteiger partial charge in [0.25, 0.3) is 0 Å². The van der Waals surface area contributed by atoms with Gasteiger partial charge in [0.1, 0.15) is 17.3 Å². The van der Waals surface area contributed by atoms with Gasteiger partial charge in [0.05, 0.1) is 0 Å². The van der Waals surface area contributed by atoms with Crippen molar-refractivity contribution < 1.29 is 5.11 Å². The van der Waals surface area contributed by atoms with Crippen LogP contribution in [0.1, 0.15) is 54.7 Å². The number of hydrogen-bond acceptors (Lipinski definition) is 5. The monoisotopic (exact) mass is 364 g/mol. The van der Waals surface area contributed by atoms with Crippen molar-refractivity contribution in [3.05, 3.63) is 34.9 Å². The number of benzene rings is 1. The smallest absolute Gasteiger partial charge is 0.149 e. The summed E-state index contributed by atoms with van der Waals surface area (Å²) in [7, 11) is 2.17. The number of hydrogen-bond donors (Lipinski definition) is 2. The van der Waals surface area contributed by atoms with Gasteiger partial charge in [-0.2, -0.15) is 0 Å². The average molecular weight is 364 g/mol. The average Bonchev–Trinajstić information content (AvgIpc) is 3.48. The van der Waals surface area contributed by atoms with E-state index in [1.807, 2.05) is 6.07 Å². The highest BCUT2D eigenvalue weighted by molar-refractivity contribution is 5.75. The number of aryl methyl sites for hydroxylation is 2. The van der Waals surface area contributed by atoms with E-state index in [1.54, 1.807) is 0 Å². The molecule has 0 bridgehead atoms. The van der Waals surface area contributed by atoms with E-state index in [0.29, 0.717) is 17.7 Å². The van der Waals surface area contributed by atoms with Gasteiger partial charge in [-0.1, -0.05) is 6.07 Å². The topological polar surface area (TPSA) is 61.3 Å². The van der Waals surface area contributed by atoms with Gasteiger partial charge in [-0.15, -0.1) is 10.2 Å². The molecule has 3 aliphatic rings. The molecule has 5 rings (SSSR count). The molecule has 2 heterocycles. The summed E-state index contributed by atoms with van der Waals surface area (Å²) in [5, 5.41) is 23.4. The largest absolute Gasteiger partial charge is 0.507 e. The molecular formula is C22H28N4O. The highest BCUT2D eigenvalue weighted by Gasteiger charge is 2.28. The Morgan fingerprint density at radius 1 is 1.04 bits per heavy atom. The molecule has 1 aliphatic heterocycles. The van der Waals surface area contributed by atoms with Crippen LogP contribution in [0.5, 0.6) is 5.75 Å². The predicted molar refractivity (Wildman–Crippen MR) is 107 cm³/mol. The number of rotatable bonds is 3. The summed E-state index contributed by atoms with van der Waals surface area (Å²) in [5.74, 6) is 1.89. The van der Waals surface area contributed by atoms with Gasteiger partial charge in [0.15, 0.2) is 0 Å². The molecule has 27 heavy (non-hydrogen) atoms. The van der Waals surface area contributed by atoms with Gasteiger partial charge in [-0.05, 0) is 93.3 Å². The van der Waals surface area contributed by atoms with Crippen molar-refractivity contribution in [1.82, 2.24) is 15.1 Å². The number of fused-ring (bicyclic) bond motifs is 3. The van der Waals surface area contributed by atoms with Crippen molar-refractivity contribution in [2.45, 2.75) is 56.9 Å². The number of piperidine rings is 1. The molecule has 5 nitrogen and oxygen atoms in total. The summed E-state index contributed by atoms with van der Waals surface area (Å²) in [6.45, 7) is 2.22. The third-order valence-electron chi connectivity index (χ3n) is 6.25. The maximum Gasteiger partial charge on any atom is 0.149 e. The third-order valence-corrected chi connectivity index (χ3v) is 6.25. The summed E-state index contributed by atoms with van der Waals surface area (Å²) < 4.78 is 0. The lowest BCUT2D eigenvalue weighted by Gasteiger charge is -2.30. The Hall–Kier alpha value is -2.14. The van der Waals surface area contributed by atoms with Crippen LogP contribution in [0.3, 0.4) is 0 Å². The summed E-state index contributed by atoms with van der Waals surface area (Å²) in [6, 6.07) is 6.84. The van der Waals surface area contributed by atoms with Crippen molar-refractivity contribution >= 4 is 5.82 Å². The zero-order chi connectivity index (χ0) is 18.4. The summed E-state index contributed by atoms with van der Waals surface area (Å²) in [4.78, 5) is 2.36. The normalized spacial score (nSPS) is 22.6. The van der Waals surface area contributed by atoms with E-state index in [-0.39, 0.29) is 0 Å². The van der Waals surface area contributed by atoms with E-state index in [1.165, 1.54) is 48.9 Å². The lowest BCUT2D eigenvalue weighted by atomic mass is 9.96. The maximum atomic E-state index is 10.8. The van der Waals surface area contributed by atoms with E-state index in [9.17, 15) is 5.11 Å². The number of nitrogens with one attached hydrogen (secondary N) is 1. The van der Waals surface area contributed by atoms with Crippen molar-refractivity contribution in [1.29, 1.82) is 0 Å². The van der Waals surface area contributed by atoms with Crippen LogP contribution in [0.2, 0.25) is 0 Å².